The van der Waals surface area contributed by atoms with Gasteiger partial charge in [-0.1, -0.05) is 23.4 Å². The molecule has 0 unspecified atom stereocenters. The molecule has 0 aliphatic heterocycles. The lowest BCUT2D eigenvalue weighted by Gasteiger charge is -2.04. The molecule has 0 radical (unpaired) electrons. The van der Waals surface area contributed by atoms with E-state index in [0.29, 0.717) is 12.4 Å². The second kappa shape index (κ2) is 6.58. The van der Waals surface area contributed by atoms with E-state index in [1.165, 1.54) is 29.5 Å². The second-order valence-electron chi connectivity index (χ2n) is 3.59. The zero-order valence-electron chi connectivity index (χ0n) is 9.82. The van der Waals surface area contributed by atoms with Crippen LogP contribution in [-0.2, 0) is 6.61 Å². The summed E-state index contributed by atoms with van der Waals surface area (Å²) in [5, 5.41) is 8.64. The number of ether oxygens (including phenoxy) is 1. The van der Waals surface area contributed by atoms with Crippen molar-refractivity contribution in [1.29, 1.82) is 0 Å². The zero-order valence-corrected chi connectivity index (χ0v) is 11.4. The lowest BCUT2D eigenvalue weighted by atomic mass is 10.3. The Labute approximate surface area is 119 Å². The Bertz CT molecular complexity index is 628. The van der Waals surface area contributed by atoms with Crippen LogP contribution in [0.5, 0.6) is 5.75 Å². The Kier molecular flexibility index (Phi) is 4.80. The molecule has 19 heavy (non-hydrogen) atoms. The topological polar surface area (TPSA) is 29.5 Å². The fourth-order valence-corrected chi connectivity index (χ4v) is 2.34. The molecule has 98 valence electrons. The SMILES string of the molecule is OCC#Cc1ccc(COc2ccc(F)c(Cl)c2)s1. The van der Waals surface area contributed by atoms with Crippen molar-refractivity contribution in [1.82, 2.24) is 0 Å². The highest BCUT2D eigenvalue weighted by Gasteiger charge is 2.03. The van der Waals surface area contributed by atoms with Gasteiger partial charge < -0.3 is 9.84 Å². The van der Waals surface area contributed by atoms with Crippen molar-refractivity contribution in [2.45, 2.75) is 6.61 Å². The predicted octanol–water partition coefficient (Wildman–Crippen LogP) is 3.46. The Balaban J connectivity index is 1.98. The van der Waals surface area contributed by atoms with Gasteiger partial charge in [0.15, 0.2) is 0 Å². The van der Waals surface area contributed by atoms with Crippen molar-refractivity contribution in [3.63, 3.8) is 0 Å². The zero-order chi connectivity index (χ0) is 13.7. The number of halogens is 2. The van der Waals surface area contributed by atoms with Gasteiger partial charge in [0, 0.05) is 10.9 Å². The van der Waals surface area contributed by atoms with Crippen LogP contribution in [0.15, 0.2) is 30.3 Å². The van der Waals surface area contributed by atoms with Gasteiger partial charge in [-0.25, -0.2) is 4.39 Å². The smallest absolute Gasteiger partial charge is 0.142 e. The largest absolute Gasteiger partial charge is 0.488 e. The van der Waals surface area contributed by atoms with Crippen LogP contribution in [0.1, 0.15) is 9.75 Å². The number of benzene rings is 1. The van der Waals surface area contributed by atoms with Gasteiger partial charge >= 0.3 is 0 Å². The first-order valence-electron chi connectivity index (χ1n) is 5.45. The molecule has 1 aromatic heterocycles. The van der Waals surface area contributed by atoms with Gasteiger partial charge in [0.25, 0.3) is 0 Å². The highest BCUT2D eigenvalue weighted by atomic mass is 35.5. The molecule has 0 amide bonds. The fraction of sp³-hybridized carbons (Fsp3) is 0.143. The maximum atomic E-state index is 13.0. The maximum absolute atomic E-state index is 13.0. The first-order valence-corrected chi connectivity index (χ1v) is 6.65. The third kappa shape index (κ3) is 3.97. The molecule has 0 spiro atoms. The van der Waals surface area contributed by atoms with E-state index in [2.05, 4.69) is 11.8 Å². The van der Waals surface area contributed by atoms with E-state index in [1.54, 1.807) is 0 Å². The van der Waals surface area contributed by atoms with Gasteiger partial charge in [-0.05, 0) is 24.3 Å². The third-order valence-electron chi connectivity index (χ3n) is 2.22. The number of aliphatic hydroxyl groups is 1. The minimum Gasteiger partial charge on any atom is -0.488 e. The number of hydrogen-bond donors (Lipinski definition) is 1. The van der Waals surface area contributed by atoms with E-state index in [0.717, 1.165) is 9.75 Å². The van der Waals surface area contributed by atoms with E-state index in [9.17, 15) is 4.39 Å². The van der Waals surface area contributed by atoms with Gasteiger partial charge in [-0.3, -0.25) is 0 Å². The molecule has 0 aliphatic carbocycles. The normalized spacial score (nSPS) is 9.84. The quantitative estimate of drug-likeness (QED) is 0.879. The van der Waals surface area contributed by atoms with Crippen molar-refractivity contribution in [3.8, 4) is 17.6 Å². The summed E-state index contributed by atoms with van der Waals surface area (Å²) in [4.78, 5) is 1.85. The number of aliphatic hydroxyl groups excluding tert-OH is 1. The van der Waals surface area contributed by atoms with Crippen LogP contribution in [-0.4, -0.2) is 11.7 Å². The summed E-state index contributed by atoms with van der Waals surface area (Å²) >= 11 is 7.15. The number of rotatable bonds is 3. The van der Waals surface area contributed by atoms with E-state index in [1.807, 2.05) is 12.1 Å². The first-order chi connectivity index (χ1) is 9.19. The van der Waals surface area contributed by atoms with Gasteiger partial charge in [0.2, 0.25) is 0 Å². The molecule has 5 heteroatoms. The average molecular weight is 297 g/mol. The highest BCUT2D eigenvalue weighted by Crippen LogP contribution is 2.23. The minimum absolute atomic E-state index is 0.0400. The molecule has 0 saturated carbocycles. The Morgan fingerprint density at radius 2 is 2.16 bits per heavy atom. The van der Waals surface area contributed by atoms with Crippen molar-refractivity contribution in [2.75, 3.05) is 6.61 Å². The van der Waals surface area contributed by atoms with Gasteiger partial charge in [0.1, 0.15) is 24.8 Å². The van der Waals surface area contributed by atoms with Crippen molar-refractivity contribution in [2.24, 2.45) is 0 Å². The molecular weight excluding hydrogens is 287 g/mol. The standard InChI is InChI=1S/C14H10ClFO2S/c15-13-8-10(3-6-14(13)16)18-9-12-5-4-11(19-12)2-1-7-17/h3-6,8,17H,7,9H2. The summed E-state index contributed by atoms with van der Waals surface area (Å²) in [6, 6.07) is 8.00. The van der Waals surface area contributed by atoms with Crippen molar-refractivity contribution < 1.29 is 14.2 Å². The lowest BCUT2D eigenvalue weighted by molar-refractivity contribution is 0.309. The molecule has 2 rings (SSSR count). The molecule has 0 fully saturated rings. The lowest BCUT2D eigenvalue weighted by Crippen LogP contribution is -1.93. The van der Waals surface area contributed by atoms with Crippen LogP contribution < -0.4 is 4.74 Å². The van der Waals surface area contributed by atoms with Gasteiger partial charge in [0.05, 0.1) is 9.90 Å². The van der Waals surface area contributed by atoms with Crippen molar-refractivity contribution in [3.05, 3.63) is 50.9 Å². The summed E-state index contributed by atoms with van der Waals surface area (Å²) in [6.07, 6.45) is 0. The Morgan fingerprint density at radius 1 is 1.32 bits per heavy atom. The molecule has 0 bridgehead atoms. The Morgan fingerprint density at radius 3 is 2.89 bits per heavy atom. The molecule has 0 atom stereocenters. The van der Waals surface area contributed by atoms with E-state index >= 15 is 0 Å². The summed E-state index contributed by atoms with van der Waals surface area (Å²) < 4.78 is 18.5. The predicted molar refractivity (Wildman–Crippen MR) is 74.0 cm³/mol. The summed E-state index contributed by atoms with van der Waals surface area (Å²) in [7, 11) is 0. The minimum atomic E-state index is -0.466. The van der Waals surface area contributed by atoms with E-state index < -0.39 is 5.82 Å². The first kappa shape index (κ1) is 13.9. The van der Waals surface area contributed by atoms with Crippen molar-refractivity contribution >= 4 is 22.9 Å². The summed E-state index contributed by atoms with van der Waals surface area (Å²) in [6.45, 7) is 0.214. The molecule has 1 heterocycles. The summed E-state index contributed by atoms with van der Waals surface area (Å²) in [5.74, 6) is 5.45. The molecule has 2 aromatic rings. The van der Waals surface area contributed by atoms with Gasteiger partial charge in [-0.2, -0.15) is 0 Å². The molecule has 1 N–H and O–H groups in total. The van der Waals surface area contributed by atoms with E-state index in [-0.39, 0.29) is 11.6 Å². The van der Waals surface area contributed by atoms with E-state index in [4.69, 9.17) is 21.4 Å². The maximum Gasteiger partial charge on any atom is 0.142 e. The van der Waals surface area contributed by atoms with Crippen LogP contribution in [0.2, 0.25) is 5.02 Å². The number of hydrogen-bond acceptors (Lipinski definition) is 3. The van der Waals surface area contributed by atoms with Crippen LogP contribution in [0.3, 0.4) is 0 Å². The van der Waals surface area contributed by atoms with Crippen LogP contribution in [0.25, 0.3) is 0 Å². The second-order valence-corrected chi connectivity index (χ2v) is 5.17. The molecule has 0 saturated heterocycles. The highest BCUT2D eigenvalue weighted by molar-refractivity contribution is 7.12. The van der Waals surface area contributed by atoms with Gasteiger partial charge in [-0.15, -0.1) is 11.3 Å². The molecule has 1 aromatic carbocycles. The Hall–Kier alpha value is -1.54. The fourth-order valence-electron chi connectivity index (χ4n) is 1.37. The van der Waals surface area contributed by atoms with Crippen LogP contribution in [0.4, 0.5) is 4.39 Å². The number of thiophene rings is 1. The molecule has 0 aliphatic rings. The third-order valence-corrected chi connectivity index (χ3v) is 3.49. The van der Waals surface area contributed by atoms with Crippen LogP contribution in [0, 0.1) is 17.7 Å². The molecular formula is C14H10ClFO2S. The monoisotopic (exact) mass is 296 g/mol. The summed E-state index contributed by atoms with van der Waals surface area (Å²) in [5.41, 5.74) is 0. The average Bonchev–Trinajstić information content (AvgIpc) is 2.86. The van der Waals surface area contributed by atoms with Crippen LogP contribution >= 0.6 is 22.9 Å². The molecule has 2 nitrogen and oxygen atoms in total.